The number of H-pyrrole nitrogens is 1. The van der Waals surface area contributed by atoms with Gasteiger partial charge in [0, 0.05) is 46.5 Å². The number of hydrogen-bond donors (Lipinski definition) is 1. The molecule has 0 unspecified atom stereocenters. The van der Waals surface area contributed by atoms with Crippen molar-refractivity contribution in [2.75, 3.05) is 31.1 Å². The fourth-order valence-electron chi connectivity index (χ4n) is 3.98. The fourth-order valence-corrected chi connectivity index (χ4v) is 4.24. The number of aryl methyl sites for hydroxylation is 3. The van der Waals surface area contributed by atoms with Gasteiger partial charge in [-0.3, -0.25) is 14.3 Å². The third-order valence-corrected chi connectivity index (χ3v) is 5.69. The standard InChI is InChI=1S/C19H23ClN10/c1-12-13(9-27(2)25-12)18-23-16-17(14(20)8-21-19(16)24-18)30-6-4-29(5-7-30)10-15-22-11-28(3)26-15/h8-9,11H,4-7,10H2,1-3H3,(H,21,23,24). The van der Waals surface area contributed by atoms with E-state index in [1.807, 2.05) is 27.2 Å². The monoisotopic (exact) mass is 426 g/mol. The van der Waals surface area contributed by atoms with Crippen LogP contribution in [0.3, 0.4) is 0 Å². The summed E-state index contributed by atoms with van der Waals surface area (Å²) < 4.78 is 3.52. The first kappa shape index (κ1) is 19.0. The SMILES string of the molecule is Cc1nn(C)cc1-c1nc2ncc(Cl)c(N3CCN(Cc4ncn(C)n4)CC3)c2[nH]1. The van der Waals surface area contributed by atoms with E-state index in [1.165, 1.54) is 0 Å². The smallest absolute Gasteiger partial charge is 0.180 e. The maximum absolute atomic E-state index is 6.59. The van der Waals surface area contributed by atoms with Gasteiger partial charge < -0.3 is 9.88 Å². The zero-order valence-electron chi connectivity index (χ0n) is 17.2. The molecule has 1 fully saturated rings. The Labute approximate surface area is 178 Å². The Hall–Kier alpha value is -2.98. The number of pyridine rings is 1. The summed E-state index contributed by atoms with van der Waals surface area (Å²) in [6, 6.07) is 0. The Morgan fingerprint density at radius 2 is 1.87 bits per heavy atom. The predicted octanol–water partition coefficient (Wildman–Crippen LogP) is 1.77. The molecule has 4 aromatic rings. The first-order valence-electron chi connectivity index (χ1n) is 9.84. The number of halogens is 1. The van der Waals surface area contributed by atoms with Gasteiger partial charge in [-0.1, -0.05) is 11.6 Å². The maximum atomic E-state index is 6.59. The van der Waals surface area contributed by atoms with Gasteiger partial charge in [-0.05, 0) is 6.92 Å². The van der Waals surface area contributed by atoms with Crippen molar-refractivity contribution in [3.8, 4) is 11.4 Å². The van der Waals surface area contributed by atoms with Gasteiger partial charge in [-0.15, -0.1) is 0 Å². The molecule has 0 spiro atoms. The van der Waals surface area contributed by atoms with Gasteiger partial charge in [0.05, 0.1) is 34.7 Å². The molecule has 0 saturated carbocycles. The topological polar surface area (TPSA) is 96.6 Å². The first-order chi connectivity index (χ1) is 14.5. The molecule has 4 aromatic heterocycles. The number of imidazole rings is 1. The van der Waals surface area contributed by atoms with E-state index in [4.69, 9.17) is 16.6 Å². The van der Waals surface area contributed by atoms with E-state index in [9.17, 15) is 0 Å². The predicted molar refractivity (Wildman–Crippen MR) is 114 cm³/mol. The van der Waals surface area contributed by atoms with E-state index < -0.39 is 0 Å². The molecule has 1 saturated heterocycles. The highest BCUT2D eigenvalue weighted by atomic mass is 35.5. The number of piperazine rings is 1. The minimum absolute atomic E-state index is 0.625. The molecule has 156 valence electrons. The Bertz CT molecular complexity index is 1200. The summed E-state index contributed by atoms with van der Waals surface area (Å²) in [6.07, 6.45) is 5.38. The van der Waals surface area contributed by atoms with E-state index in [2.05, 4.69) is 34.9 Å². The summed E-state index contributed by atoms with van der Waals surface area (Å²) in [5, 5.41) is 9.42. The second kappa shape index (κ2) is 7.37. The normalized spacial score (nSPS) is 15.4. The largest absolute Gasteiger partial charge is 0.366 e. The molecule has 5 heterocycles. The fraction of sp³-hybridized carbons (Fsp3) is 0.421. The van der Waals surface area contributed by atoms with E-state index in [0.29, 0.717) is 10.7 Å². The van der Waals surface area contributed by atoms with Gasteiger partial charge >= 0.3 is 0 Å². The molecule has 0 amide bonds. The Balaban J connectivity index is 1.40. The van der Waals surface area contributed by atoms with Crippen molar-refractivity contribution in [3.05, 3.63) is 35.3 Å². The summed E-state index contributed by atoms with van der Waals surface area (Å²) in [4.78, 5) is 21.5. The minimum Gasteiger partial charge on any atom is -0.366 e. The maximum Gasteiger partial charge on any atom is 0.180 e. The van der Waals surface area contributed by atoms with Gasteiger partial charge in [0.15, 0.2) is 11.5 Å². The van der Waals surface area contributed by atoms with Gasteiger partial charge in [0.1, 0.15) is 17.7 Å². The quantitative estimate of drug-likeness (QED) is 0.531. The molecule has 0 bridgehead atoms. The van der Waals surface area contributed by atoms with Crippen molar-refractivity contribution in [1.29, 1.82) is 0 Å². The number of rotatable bonds is 4. The summed E-state index contributed by atoms with van der Waals surface area (Å²) in [5.74, 6) is 1.60. The number of nitrogens with one attached hydrogen (secondary N) is 1. The summed E-state index contributed by atoms with van der Waals surface area (Å²) >= 11 is 6.59. The lowest BCUT2D eigenvalue weighted by atomic mass is 10.2. The van der Waals surface area contributed by atoms with Crippen LogP contribution < -0.4 is 4.90 Å². The molecule has 0 atom stereocenters. The molecule has 1 aliphatic rings. The van der Waals surface area contributed by atoms with Crippen LogP contribution in [-0.2, 0) is 20.6 Å². The number of anilines is 1. The van der Waals surface area contributed by atoms with Gasteiger partial charge in [0.25, 0.3) is 0 Å². The van der Waals surface area contributed by atoms with E-state index in [-0.39, 0.29) is 0 Å². The lowest BCUT2D eigenvalue weighted by Gasteiger charge is -2.36. The first-order valence-corrected chi connectivity index (χ1v) is 10.2. The summed E-state index contributed by atoms with van der Waals surface area (Å²) in [5.41, 5.74) is 4.36. The number of aromatic nitrogens is 8. The highest BCUT2D eigenvalue weighted by Crippen LogP contribution is 2.34. The summed E-state index contributed by atoms with van der Waals surface area (Å²) in [7, 11) is 3.79. The van der Waals surface area contributed by atoms with Gasteiger partial charge in [0.2, 0.25) is 0 Å². The molecular weight excluding hydrogens is 404 g/mol. The van der Waals surface area contributed by atoms with Crippen LogP contribution in [0, 0.1) is 6.92 Å². The van der Waals surface area contributed by atoms with Crippen LogP contribution >= 0.6 is 11.6 Å². The molecule has 0 aromatic carbocycles. The van der Waals surface area contributed by atoms with Crippen molar-refractivity contribution >= 4 is 28.5 Å². The Morgan fingerprint density at radius 1 is 1.07 bits per heavy atom. The third-order valence-electron chi connectivity index (χ3n) is 5.42. The lowest BCUT2D eigenvalue weighted by Crippen LogP contribution is -2.46. The van der Waals surface area contributed by atoms with Crippen molar-refractivity contribution < 1.29 is 0 Å². The molecule has 11 heteroatoms. The highest BCUT2D eigenvalue weighted by molar-refractivity contribution is 6.34. The Morgan fingerprint density at radius 3 is 2.53 bits per heavy atom. The average Bonchev–Trinajstić information content (AvgIpc) is 3.41. The molecule has 10 nitrogen and oxygen atoms in total. The van der Waals surface area contributed by atoms with Crippen LogP contribution in [0.4, 0.5) is 5.69 Å². The molecule has 5 rings (SSSR count). The van der Waals surface area contributed by atoms with Crippen LogP contribution in [0.1, 0.15) is 11.5 Å². The zero-order chi connectivity index (χ0) is 20.8. The highest BCUT2D eigenvalue weighted by Gasteiger charge is 2.24. The molecule has 1 N–H and O–H groups in total. The van der Waals surface area contributed by atoms with E-state index >= 15 is 0 Å². The lowest BCUT2D eigenvalue weighted by molar-refractivity contribution is 0.244. The summed E-state index contributed by atoms with van der Waals surface area (Å²) in [6.45, 7) is 6.24. The van der Waals surface area contributed by atoms with Crippen LogP contribution in [-0.4, -0.2) is 70.6 Å². The molecule has 0 radical (unpaired) electrons. The Kier molecular flexibility index (Phi) is 4.67. The van der Waals surface area contributed by atoms with Crippen LogP contribution in [0.25, 0.3) is 22.6 Å². The minimum atomic E-state index is 0.625. The average molecular weight is 427 g/mol. The van der Waals surface area contributed by atoms with Crippen LogP contribution in [0.15, 0.2) is 18.7 Å². The second-order valence-corrected chi connectivity index (χ2v) is 8.05. The van der Waals surface area contributed by atoms with Crippen molar-refractivity contribution in [2.24, 2.45) is 14.1 Å². The van der Waals surface area contributed by atoms with Crippen molar-refractivity contribution in [1.82, 2.24) is 44.4 Å². The van der Waals surface area contributed by atoms with Crippen LogP contribution in [0.2, 0.25) is 5.02 Å². The zero-order valence-corrected chi connectivity index (χ0v) is 17.9. The second-order valence-electron chi connectivity index (χ2n) is 7.64. The van der Waals surface area contributed by atoms with Crippen molar-refractivity contribution in [2.45, 2.75) is 13.5 Å². The molecular formula is C19H23ClN10. The number of nitrogens with zero attached hydrogens (tertiary/aromatic N) is 9. The molecule has 30 heavy (non-hydrogen) atoms. The van der Waals surface area contributed by atoms with Gasteiger partial charge in [-0.2, -0.15) is 10.2 Å². The number of fused-ring (bicyclic) bond motifs is 1. The number of hydrogen-bond acceptors (Lipinski definition) is 7. The van der Waals surface area contributed by atoms with Gasteiger partial charge in [-0.25, -0.2) is 15.0 Å². The third kappa shape index (κ3) is 3.41. The van der Waals surface area contributed by atoms with Crippen LogP contribution in [0.5, 0.6) is 0 Å². The van der Waals surface area contributed by atoms with Crippen molar-refractivity contribution in [3.63, 3.8) is 0 Å². The van der Waals surface area contributed by atoms with E-state index in [1.54, 1.807) is 21.9 Å². The number of aromatic amines is 1. The molecule has 1 aliphatic heterocycles. The van der Waals surface area contributed by atoms with E-state index in [0.717, 1.165) is 66.8 Å². The molecule has 0 aliphatic carbocycles.